The molecule has 10 nitrogen and oxygen atoms in total. The van der Waals surface area contributed by atoms with Crippen molar-refractivity contribution >= 4 is 108 Å². The highest BCUT2D eigenvalue weighted by molar-refractivity contribution is 6.16. The standard InChI is InChI=1S/2C23H18O2.2C22H16O2.C21H14O2/c1-14-3-7-18-16(11-14)5-9-20-22(18)23-19-8-4-15(2)12-17(19)6-10-21(23)25-13-24-20;1-14-4-8-18-17(11-14)7-10-20-22(18)23-19-12-15(2)3-5-16(19)6-9-21(23)25-13-24-20;1-14-6-9-18-16(12-14)8-11-20-22(18)21-17-5-3-2-4-15(17)7-10-19(21)23-13-24-20;1-14-6-7-16-9-11-20-22(18(16)12-14)21-17-5-3-2-4-15(17)8-10-19(21)23-13-24-20;1-3-7-16-14(5-1)9-11-18-20(16)21-17-8-4-2-6-15(17)10-12-19(21)23-13-22-18/h2*3-12H,13H2,1-2H3;2*2-12H,13H2,1H3;1-12H,13H2. The van der Waals surface area contributed by atoms with Crippen molar-refractivity contribution in [2.45, 2.75) is 41.5 Å². The zero-order valence-corrected chi connectivity index (χ0v) is 67.8. The lowest BCUT2D eigenvalue weighted by Gasteiger charge is -2.14. The average Bonchev–Trinajstić information content (AvgIpc) is 1.76. The maximum absolute atomic E-state index is 5.93. The zero-order chi connectivity index (χ0) is 81.3. The summed E-state index contributed by atoms with van der Waals surface area (Å²) in [5.74, 6) is 8.77. The van der Waals surface area contributed by atoms with Crippen LogP contribution in [0.3, 0.4) is 0 Å². The summed E-state index contributed by atoms with van der Waals surface area (Å²) < 4.78 is 59.0. The third kappa shape index (κ3) is 13.5. The summed E-state index contributed by atoms with van der Waals surface area (Å²) >= 11 is 0. The Kier molecular flexibility index (Phi) is 18.7. The Morgan fingerprint density at radius 3 is 0.496 bits per heavy atom. The molecular formula is C111H82O10. The molecule has 0 aromatic heterocycles. The quantitative estimate of drug-likeness (QED) is 0.146. The normalized spacial score (nSPS) is 12.9. The minimum absolute atomic E-state index is 0.231. The molecule has 0 aliphatic carbocycles. The molecule has 0 unspecified atom stereocenters. The molecule has 0 saturated carbocycles. The summed E-state index contributed by atoms with van der Waals surface area (Å²) in [4.78, 5) is 0. The zero-order valence-electron chi connectivity index (χ0n) is 67.8. The molecule has 10 heteroatoms. The highest BCUT2D eigenvalue weighted by Crippen LogP contribution is 2.54. The number of rotatable bonds is 0. The van der Waals surface area contributed by atoms with Crippen LogP contribution in [-0.2, 0) is 0 Å². The van der Waals surface area contributed by atoms with Gasteiger partial charge in [0.1, 0.15) is 57.5 Å². The van der Waals surface area contributed by atoms with E-state index in [1.165, 1.54) is 141 Å². The van der Waals surface area contributed by atoms with Crippen LogP contribution in [0.5, 0.6) is 57.5 Å². The minimum atomic E-state index is 0.231. The topological polar surface area (TPSA) is 92.3 Å². The summed E-state index contributed by atoms with van der Waals surface area (Å²) in [7, 11) is 0. The van der Waals surface area contributed by atoms with E-state index in [1.54, 1.807) is 0 Å². The summed E-state index contributed by atoms with van der Waals surface area (Å²) in [5, 5.41) is 24.1. The first-order valence-corrected chi connectivity index (χ1v) is 41.0. The molecule has 0 N–H and O–H groups in total. The van der Waals surface area contributed by atoms with Crippen molar-refractivity contribution < 1.29 is 47.4 Å². The van der Waals surface area contributed by atoms with Crippen LogP contribution in [0.1, 0.15) is 33.4 Å². The highest BCUT2D eigenvalue weighted by atomic mass is 16.7. The van der Waals surface area contributed by atoms with Gasteiger partial charge in [0.25, 0.3) is 0 Å². The average molecular weight is 1580 g/mol. The van der Waals surface area contributed by atoms with Crippen molar-refractivity contribution in [1.82, 2.24) is 0 Å². The van der Waals surface area contributed by atoms with Crippen molar-refractivity contribution in [3.05, 3.63) is 361 Å². The van der Waals surface area contributed by atoms with Crippen LogP contribution in [0.15, 0.2) is 328 Å². The minimum Gasteiger partial charge on any atom is -0.457 e. The van der Waals surface area contributed by atoms with Gasteiger partial charge in [-0.15, -0.1) is 0 Å². The summed E-state index contributed by atoms with van der Waals surface area (Å²) in [6.45, 7) is 13.9. The molecule has 25 rings (SSSR count). The molecule has 0 bridgehead atoms. The van der Waals surface area contributed by atoms with Crippen LogP contribution in [0.25, 0.3) is 163 Å². The largest absolute Gasteiger partial charge is 0.457 e. The second kappa shape index (κ2) is 30.8. The molecule has 0 saturated heterocycles. The Morgan fingerprint density at radius 1 is 0.132 bits per heavy atom. The van der Waals surface area contributed by atoms with Crippen LogP contribution in [0.2, 0.25) is 0 Å². The van der Waals surface area contributed by atoms with Gasteiger partial charge in [-0.3, -0.25) is 0 Å². The first-order chi connectivity index (χ1) is 59.4. The molecule has 5 aliphatic rings. The summed E-state index contributed by atoms with van der Waals surface area (Å²) in [5.41, 5.74) is 18.7. The fourth-order valence-electron chi connectivity index (χ4n) is 18.1. The molecule has 20 aromatic rings. The van der Waals surface area contributed by atoms with Gasteiger partial charge in [0.05, 0.1) is 0 Å². The number of ether oxygens (including phenoxy) is 10. The second-order valence-corrected chi connectivity index (χ2v) is 31.7. The van der Waals surface area contributed by atoms with Gasteiger partial charge in [0.15, 0.2) is 0 Å². The van der Waals surface area contributed by atoms with E-state index in [0.29, 0.717) is 0 Å². The first kappa shape index (κ1) is 73.6. The van der Waals surface area contributed by atoms with E-state index in [1.807, 2.05) is 30.3 Å². The van der Waals surface area contributed by atoms with Gasteiger partial charge in [-0.2, -0.15) is 0 Å². The van der Waals surface area contributed by atoms with E-state index < -0.39 is 0 Å². The maximum Gasteiger partial charge on any atom is 0.230 e. The Labute approximate surface area is 700 Å². The molecule has 0 amide bonds. The number of fused-ring (bicyclic) bond motifs is 35. The van der Waals surface area contributed by atoms with E-state index in [9.17, 15) is 0 Å². The molecule has 0 atom stereocenters. The van der Waals surface area contributed by atoms with Crippen molar-refractivity contribution in [2.24, 2.45) is 0 Å². The van der Waals surface area contributed by atoms with Crippen LogP contribution < -0.4 is 47.4 Å². The number of hydrogen-bond acceptors (Lipinski definition) is 10. The number of hydrogen-bond donors (Lipinski definition) is 0. The summed E-state index contributed by atoms with van der Waals surface area (Å²) in [6, 6.07) is 115. The van der Waals surface area contributed by atoms with E-state index in [0.717, 1.165) is 113 Å². The van der Waals surface area contributed by atoms with Crippen LogP contribution in [0.4, 0.5) is 0 Å². The number of benzene rings is 20. The van der Waals surface area contributed by atoms with E-state index in [2.05, 4.69) is 339 Å². The predicted molar refractivity (Wildman–Crippen MR) is 493 cm³/mol. The third-order valence-corrected chi connectivity index (χ3v) is 23.8. The molecule has 0 fully saturated rings. The Balaban J connectivity index is 0.0000000934. The molecule has 0 spiro atoms. The van der Waals surface area contributed by atoms with Gasteiger partial charge in [0, 0.05) is 55.6 Å². The molecule has 20 aromatic carbocycles. The SMILES string of the molecule is Cc1ccc2c3c(ccc2c1)OCOc1ccc2cc(C)ccc2c1-3.Cc1ccc2c3c(ccc2c1)OCOc1ccc2ccc(C)cc2c1-3.Cc1ccc2c3c(ccc2c1)OCOc1ccc2ccccc2c1-3.Cc1ccc2ccc3c(c2c1)-c1c(ccc2ccccc12)OCO3.c1ccc2c3c(ccc2c1)OCOc1ccc2ccccc2c1-3. The van der Waals surface area contributed by atoms with Crippen molar-refractivity contribution in [3.8, 4) is 113 Å². The monoisotopic (exact) mass is 1570 g/mol. The van der Waals surface area contributed by atoms with Gasteiger partial charge in [-0.1, -0.05) is 300 Å². The molecule has 5 aliphatic heterocycles. The van der Waals surface area contributed by atoms with E-state index in [-0.39, 0.29) is 34.0 Å². The van der Waals surface area contributed by atoms with Gasteiger partial charge in [-0.05, 0) is 210 Å². The fourth-order valence-corrected chi connectivity index (χ4v) is 18.1. The lowest BCUT2D eigenvalue weighted by atomic mass is 9.91. The van der Waals surface area contributed by atoms with Crippen molar-refractivity contribution in [2.75, 3.05) is 34.0 Å². The van der Waals surface area contributed by atoms with Crippen LogP contribution in [0, 0.1) is 41.5 Å². The first-order valence-electron chi connectivity index (χ1n) is 41.0. The Morgan fingerprint density at radius 2 is 0.281 bits per heavy atom. The molecule has 586 valence electrons. The molecule has 5 heterocycles. The van der Waals surface area contributed by atoms with Gasteiger partial charge >= 0.3 is 0 Å². The van der Waals surface area contributed by atoms with Gasteiger partial charge in [0.2, 0.25) is 34.0 Å². The molecular weight excluding hydrogens is 1490 g/mol. The second-order valence-electron chi connectivity index (χ2n) is 31.7. The molecule has 0 radical (unpaired) electrons. The fraction of sp³-hybridized carbons (Fsp3) is 0.0991. The summed E-state index contributed by atoms with van der Waals surface area (Å²) in [6.07, 6.45) is 0. The maximum atomic E-state index is 5.93. The van der Waals surface area contributed by atoms with Crippen LogP contribution >= 0.6 is 0 Å². The lowest BCUT2D eigenvalue weighted by Crippen LogP contribution is -2.03. The Hall–Kier alpha value is -15.0. The van der Waals surface area contributed by atoms with Crippen LogP contribution in [-0.4, -0.2) is 34.0 Å². The van der Waals surface area contributed by atoms with Crippen molar-refractivity contribution in [3.63, 3.8) is 0 Å². The highest BCUT2D eigenvalue weighted by Gasteiger charge is 2.28. The predicted octanol–water partition coefficient (Wildman–Crippen LogP) is 28.8. The smallest absolute Gasteiger partial charge is 0.230 e. The van der Waals surface area contributed by atoms with E-state index in [4.69, 9.17) is 47.4 Å². The van der Waals surface area contributed by atoms with Gasteiger partial charge in [-0.25, -0.2) is 0 Å². The Bertz CT molecular complexity index is 7430. The third-order valence-electron chi connectivity index (χ3n) is 23.8. The lowest BCUT2D eigenvalue weighted by molar-refractivity contribution is 0.124. The number of aryl methyl sites for hydroxylation is 6. The molecule has 121 heavy (non-hydrogen) atoms. The van der Waals surface area contributed by atoms with E-state index >= 15 is 0 Å². The van der Waals surface area contributed by atoms with Crippen molar-refractivity contribution in [1.29, 1.82) is 0 Å². The van der Waals surface area contributed by atoms with Gasteiger partial charge < -0.3 is 47.4 Å².